The maximum atomic E-state index is 12.2. The summed E-state index contributed by atoms with van der Waals surface area (Å²) in [4.78, 5) is 12.3. The molecule has 0 aliphatic rings. The summed E-state index contributed by atoms with van der Waals surface area (Å²) in [5.41, 5.74) is -0.0555. The van der Waals surface area contributed by atoms with Crippen LogP contribution in [-0.2, 0) is 19.9 Å². The third-order valence-electron chi connectivity index (χ3n) is 3.52. The highest BCUT2D eigenvalue weighted by atomic mass is 35.5. The predicted octanol–water partition coefficient (Wildman–Crippen LogP) is 1.45. The van der Waals surface area contributed by atoms with Crippen molar-refractivity contribution in [2.24, 2.45) is 0 Å². The van der Waals surface area contributed by atoms with E-state index in [2.05, 4.69) is 10.0 Å². The number of nitrogens with one attached hydrogen (secondary N) is 2. The first kappa shape index (κ1) is 20.4. The molecule has 2 N–H and O–H groups in total. The number of sulfonamides is 1. The van der Waals surface area contributed by atoms with Gasteiger partial charge in [-0.1, -0.05) is 29.8 Å². The Hall–Kier alpha value is -1.94. The molecule has 0 aromatic heterocycles. The van der Waals surface area contributed by atoms with Crippen LogP contribution in [0.1, 0.15) is 10.4 Å². The van der Waals surface area contributed by atoms with Gasteiger partial charge in [-0.05, 0) is 37.4 Å². The van der Waals surface area contributed by atoms with Crippen molar-refractivity contribution >= 4 is 37.4 Å². The average Bonchev–Trinajstić information content (AvgIpc) is 2.62. The minimum absolute atomic E-state index is 0.0555. The second-order valence-electron chi connectivity index (χ2n) is 5.24. The molecule has 10 heteroatoms. The van der Waals surface area contributed by atoms with Crippen LogP contribution in [0.2, 0.25) is 5.02 Å². The van der Waals surface area contributed by atoms with Crippen LogP contribution in [-0.4, -0.2) is 42.1 Å². The van der Waals surface area contributed by atoms with Gasteiger partial charge in [0.15, 0.2) is 9.84 Å². The van der Waals surface area contributed by atoms with Crippen molar-refractivity contribution in [1.29, 1.82) is 0 Å². The molecule has 0 heterocycles. The van der Waals surface area contributed by atoms with Crippen molar-refractivity contribution in [3.63, 3.8) is 0 Å². The molecular weight excluding hydrogens is 400 g/mol. The standard InChI is InChI=1S/C16H17ClN2O5S2/c1-18-26(23,24)13-7-8-15(17)14(11-13)16(20)19-9-10-25(21,22)12-5-3-2-4-6-12/h2-8,11,18H,9-10H2,1H3,(H,19,20). The SMILES string of the molecule is CNS(=O)(=O)c1ccc(Cl)c(C(=O)NCCS(=O)(=O)c2ccccc2)c1. The lowest BCUT2D eigenvalue weighted by molar-refractivity contribution is 0.0956. The van der Waals surface area contributed by atoms with Crippen LogP contribution >= 0.6 is 11.6 Å². The van der Waals surface area contributed by atoms with E-state index in [1.54, 1.807) is 18.2 Å². The molecule has 0 aliphatic carbocycles. The molecule has 2 aromatic carbocycles. The first-order valence-corrected chi connectivity index (χ1v) is 11.0. The van der Waals surface area contributed by atoms with Crippen molar-refractivity contribution < 1.29 is 21.6 Å². The highest BCUT2D eigenvalue weighted by Crippen LogP contribution is 2.20. The summed E-state index contributed by atoms with van der Waals surface area (Å²) in [6.07, 6.45) is 0. The molecule has 0 bridgehead atoms. The third kappa shape index (κ3) is 4.82. The van der Waals surface area contributed by atoms with Gasteiger partial charge in [0.05, 0.1) is 26.1 Å². The molecule has 0 spiro atoms. The Labute approximate surface area is 157 Å². The number of amides is 1. The summed E-state index contributed by atoms with van der Waals surface area (Å²) in [6.45, 7) is -0.143. The van der Waals surface area contributed by atoms with Crippen molar-refractivity contribution in [3.05, 3.63) is 59.1 Å². The Bertz CT molecular complexity index is 1010. The van der Waals surface area contributed by atoms with Crippen LogP contribution in [0.5, 0.6) is 0 Å². The smallest absolute Gasteiger partial charge is 0.252 e. The van der Waals surface area contributed by atoms with Crippen molar-refractivity contribution in [2.75, 3.05) is 19.3 Å². The van der Waals surface area contributed by atoms with Gasteiger partial charge in [0.1, 0.15) is 0 Å². The summed E-state index contributed by atoms with van der Waals surface area (Å²) < 4.78 is 50.1. The Balaban J connectivity index is 2.10. The molecular formula is C16H17ClN2O5S2. The van der Waals surface area contributed by atoms with Crippen molar-refractivity contribution in [1.82, 2.24) is 10.0 Å². The maximum Gasteiger partial charge on any atom is 0.252 e. The van der Waals surface area contributed by atoms with Gasteiger partial charge in [-0.15, -0.1) is 0 Å². The Morgan fingerprint density at radius 3 is 2.27 bits per heavy atom. The molecule has 26 heavy (non-hydrogen) atoms. The van der Waals surface area contributed by atoms with Gasteiger partial charge in [-0.25, -0.2) is 21.6 Å². The van der Waals surface area contributed by atoms with E-state index in [4.69, 9.17) is 11.6 Å². The number of rotatable bonds is 7. The number of carbonyl (C=O) groups excluding carboxylic acids is 1. The zero-order chi connectivity index (χ0) is 19.4. The van der Waals surface area contributed by atoms with Gasteiger partial charge < -0.3 is 5.32 Å². The molecule has 0 saturated heterocycles. The highest BCUT2D eigenvalue weighted by molar-refractivity contribution is 7.91. The number of benzene rings is 2. The Kier molecular flexibility index (Phi) is 6.40. The van der Waals surface area contributed by atoms with E-state index in [0.717, 1.165) is 6.07 Å². The molecule has 140 valence electrons. The van der Waals surface area contributed by atoms with E-state index in [0.29, 0.717) is 0 Å². The summed E-state index contributed by atoms with van der Waals surface area (Å²) in [5, 5.41) is 2.50. The first-order chi connectivity index (χ1) is 12.2. The molecule has 0 atom stereocenters. The fraction of sp³-hybridized carbons (Fsp3) is 0.188. The molecule has 0 saturated carbocycles. The Morgan fingerprint density at radius 1 is 1.00 bits per heavy atom. The molecule has 0 radical (unpaired) electrons. The van der Waals surface area contributed by atoms with E-state index < -0.39 is 25.8 Å². The van der Waals surface area contributed by atoms with Crippen LogP contribution < -0.4 is 10.0 Å². The zero-order valence-corrected chi connectivity index (χ0v) is 16.2. The van der Waals surface area contributed by atoms with Crippen molar-refractivity contribution in [2.45, 2.75) is 9.79 Å². The molecule has 0 fully saturated rings. The molecule has 7 nitrogen and oxygen atoms in total. The van der Waals surface area contributed by atoms with E-state index in [1.165, 1.54) is 31.3 Å². The highest BCUT2D eigenvalue weighted by Gasteiger charge is 2.18. The van der Waals surface area contributed by atoms with Gasteiger partial charge >= 0.3 is 0 Å². The lowest BCUT2D eigenvalue weighted by atomic mass is 10.2. The lowest BCUT2D eigenvalue weighted by Gasteiger charge is -2.09. The third-order valence-corrected chi connectivity index (χ3v) is 6.99. The van der Waals surface area contributed by atoms with Crippen LogP contribution in [0.25, 0.3) is 0 Å². The number of hydrogen-bond donors (Lipinski definition) is 2. The van der Waals surface area contributed by atoms with Gasteiger partial charge in [-0.2, -0.15) is 0 Å². The molecule has 0 unspecified atom stereocenters. The second kappa shape index (κ2) is 8.17. The van der Waals surface area contributed by atoms with E-state index >= 15 is 0 Å². The van der Waals surface area contributed by atoms with Crippen LogP contribution in [0.4, 0.5) is 0 Å². The summed E-state index contributed by atoms with van der Waals surface area (Å²) in [7, 11) is -6.02. The van der Waals surface area contributed by atoms with E-state index in [9.17, 15) is 21.6 Å². The largest absolute Gasteiger partial charge is 0.351 e. The van der Waals surface area contributed by atoms with Gasteiger partial charge in [0.25, 0.3) is 5.91 Å². The number of halogens is 1. The summed E-state index contributed by atoms with van der Waals surface area (Å²) >= 11 is 5.95. The molecule has 0 aliphatic heterocycles. The van der Waals surface area contributed by atoms with Crippen LogP contribution in [0.3, 0.4) is 0 Å². The maximum absolute atomic E-state index is 12.2. The molecule has 2 rings (SSSR count). The zero-order valence-electron chi connectivity index (χ0n) is 13.8. The van der Waals surface area contributed by atoms with Crippen LogP contribution in [0, 0.1) is 0 Å². The van der Waals surface area contributed by atoms with E-state index in [1.807, 2.05) is 0 Å². The average molecular weight is 417 g/mol. The quantitative estimate of drug-likeness (QED) is 0.710. The normalized spacial score (nSPS) is 11.9. The number of sulfone groups is 1. The lowest BCUT2D eigenvalue weighted by Crippen LogP contribution is -2.29. The topological polar surface area (TPSA) is 109 Å². The summed E-state index contributed by atoms with van der Waals surface area (Å²) in [5.74, 6) is -0.957. The van der Waals surface area contributed by atoms with Gasteiger partial charge in [-0.3, -0.25) is 4.79 Å². The fourth-order valence-corrected chi connectivity index (χ4v) is 4.24. The Morgan fingerprint density at radius 2 is 1.65 bits per heavy atom. The summed E-state index contributed by atoms with van der Waals surface area (Å²) in [6, 6.07) is 11.6. The molecule has 1 amide bonds. The fourth-order valence-electron chi connectivity index (χ4n) is 2.10. The van der Waals surface area contributed by atoms with Gasteiger partial charge in [0, 0.05) is 6.54 Å². The minimum atomic E-state index is -3.74. The minimum Gasteiger partial charge on any atom is -0.351 e. The van der Waals surface area contributed by atoms with Crippen LogP contribution in [0.15, 0.2) is 58.3 Å². The number of carbonyl (C=O) groups is 1. The first-order valence-electron chi connectivity index (χ1n) is 7.46. The van der Waals surface area contributed by atoms with Gasteiger partial charge in [0.2, 0.25) is 10.0 Å². The molecule has 2 aromatic rings. The monoisotopic (exact) mass is 416 g/mol. The number of hydrogen-bond acceptors (Lipinski definition) is 5. The van der Waals surface area contributed by atoms with Crippen molar-refractivity contribution in [3.8, 4) is 0 Å². The second-order valence-corrected chi connectivity index (χ2v) is 9.64. The van der Waals surface area contributed by atoms with E-state index in [-0.39, 0.29) is 32.7 Å². The predicted molar refractivity (Wildman–Crippen MR) is 98.5 cm³/mol.